The molecule has 5 heteroatoms. The molecule has 1 aliphatic rings. The maximum absolute atomic E-state index is 13.8. The van der Waals surface area contributed by atoms with Crippen LogP contribution in [0.2, 0.25) is 0 Å². The Hall–Kier alpha value is -3.60. The smallest absolute Gasteiger partial charge is 0.232 e. The van der Waals surface area contributed by atoms with E-state index >= 15 is 0 Å². The fourth-order valence-corrected chi connectivity index (χ4v) is 4.46. The number of nitrogens with zero attached hydrogens (tertiary/aromatic N) is 2. The minimum atomic E-state index is -0.464. The van der Waals surface area contributed by atoms with E-state index in [1.807, 2.05) is 85.8 Å². The average Bonchev–Trinajstić information content (AvgIpc) is 2.84. The van der Waals surface area contributed by atoms with E-state index in [0.29, 0.717) is 18.6 Å². The number of aryl methyl sites for hydroxylation is 1. The van der Waals surface area contributed by atoms with E-state index in [1.165, 1.54) is 0 Å². The van der Waals surface area contributed by atoms with Gasteiger partial charge in [-0.05, 0) is 43.7 Å². The summed E-state index contributed by atoms with van der Waals surface area (Å²) in [4.78, 5) is 30.5. The van der Waals surface area contributed by atoms with Crippen LogP contribution in [0.1, 0.15) is 30.0 Å². The fraction of sp³-hybridized carbons (Fsp3) is 0.259. The van der Waals surface area contributed by atoms with E-state index in [-0.39, 0.29) is 11.8 Å². The second-order valence-corrected chi connectivity index (χ2v) is 8.16. The van der Waals surface area contributed by atoms with E-state index in [2.05, 4.69) is 0 Å². The number of methoxy groups -OCH3 is 1. The summed E-state index contributed by atoms with van der Waals surface area (Å²) in [5.41, 5.74) is 3.57. The van der Waals surface area contributed by atoms with Gasteiger partial charge >= 0.3 is 0 Å². The van der Waals surface area contributed by atoms with Gasteiger partial charge in [0, 0.05) is 30.4 Å². The van der Waals surface area contributed by atoms with Crippen LogP contribution in [-0.2, 0) is 9.59 Å². The third-order valence-corrected chi connectivity index (χ3v) is 6.16. The Morgan fingerprint density at radius 3 is 2.31 bits per heavy atom. The van der Waals surface area contributed by atoms with Gasteiger partial charge in [-0.3, -0.25) is 9.59 Å². The summed E-state index contributed by atoms with van der Waals surface area (Å²) >= 11 is 0. The number of hydrogen-bond acceptors (Lipinski definition) is 3. The first-order chi connectivity index (χ1) is 15.5. The number of benzene rings is 3. The highest BCUT2D eigenvalue weighted by Crippen LogP contribution is 2.44. The number of carbonyl (C=O) groups is 2. The number of anilines is 2. The molecular formula is C27H28N2O3. The summed E-state index contributed by atoms with van der Waals surface area (Å²) in [5.74, 6) is 0.257. The van der Waals surface area contributed by atoms with Gasteiger partial charge in [0.2, 0.25) is 11.8 Å². The lowest BCUT2D eigenvalue weighted by Gasteiger charge is -2.42. The summed E-state index contributed by atoms with van der Waals surface area (Å²) in [7, 11) is 3.41. The standard InChI is InChI=1S/C27H28N2O3/c1-19-13-15-21(16-14-19)29-25(30)18-17-23(26(29)22-11-7-8-12-24(22)32-3)27(31)28(2)20-9-5-4-6-10-20/h4-16,23,26H,17-18H2,1-3H3. The van der Waals surface area contributed by atoms with Crippen molar-refractivity contribution >= 4 is 23.2 Å². The third-order valence-electron chi connectivity index (χ3n) is 6.16. The second-order valence-electron chi connectivity index (χ2n) is 8.16. The zero-order valence-corrected chi connectivity index (χ0v) is 18.7. The van der Waals surface area contributed by atoms with E-state index in [4.69, 9.17) is 4.74 Å². The predicted molar refractivity (Wildman–Crippen MR) is 127 cm³/mol. The summed E-state index contributed by atoms with van der Waals surface area (Å²) in [6.07, 6.45) is 0.804. The van der Waals surface area contributed by atoms with Crippen molar-refractivity contribution in [3.63, 3.8) is 0 Å². The monoisotopic (exact) mass is 428 g/mol. The Labute approximate surface area is 189 Å². The van der Waals surface area contributed by atoms with Gasteiger partial charge in [-0.1, -0.05) is 54.1 Å². The lowest BCUT2D eigenvalue weighted by molar-refractivity contribution is -0.127. The topological polar surface area (TPSA) is 49.9 Å². The molecule has 0 radical (unpaired) electrons. The maximum atomic E-state index is 13.8. The molecule has 1 saturated heterocycles. The molecule has 4 rings (SSSR count). The number of carbonyl (C=O) groups excluding carboxylic acids is 2. The summed E-state index contributed by atoms with van der Waals surface area (Å²) in [5, 5.41) is 0. The fourth-order valence-electron chi connectivity index (χ4n) is 4.46. The number of para-hydroxylation sites is 2. The molecule has 164 valence electrons. The molecule has 1 aliphatic heterocycles. The van der Waals surface area contributed by atoms with Crippen LogP contribution in [0, 0.1) is 12.8 Å². The number of rotatable bonds is 5. The van der Waals surface area contributed by atoms with Gasteiger partial charge in [0.1, 0.15) is 5.75 Å². The molecule has 2 atom stereocenters. The SMILES string of the molecule is COc1ccccc1C1C(C(=O)N(C)c2ccccc2)CCC(=O)N1c1ccc(C)cc1. The Morgan fingerprint density at radius 2 is 1.62 bits per heavy atom. The van der Waals surface area contributed by atoms with Crippen molar-refractivity contribution in [2.24, 2.45) is 5.92 Å². The third kappa shape index (κ3) is 4.11. The van der Waals surface area contributed by atoms with Crippen molar-refractivity contribution in [1.29, 1.82) is 0 Å². The Balaban J connectivity index is 1.82. The van der Waals surface area contributed by atoms with Gasteiger partial charge in [0.25, 0.3) is 0 Å². The highest BCUT2D eigenvalue weighted by molar-refractivity contribution is 6.01. The van der Waals surface area contributed by atoms with Crippen molar-refractivity contribution < 1.29 is 14.3 Å². The Bertz CT molecular complexity index is 1100. The maximum Gasteiger partial charge on any atom is 0.232 e. The molecule has 3 aromatic carbocycles. The molecule has 3 aromatic rings. The van der Waals surface area contributed by atoms with E-state index in [1.54, 1.807) is 24.0 Å². The van der Waals surface area contributed by atoms with Gasteiger partial charge in [-0.2, -0.15) is 0 Å². The molecule has 32 heavy (non-hydrogen) atoms. The zero-order chi connectivity index (χ0) is 22.7. The zero-order valence-electron chi connectivity index (χ0n) is 18.7. The van der Waals surface area contributed by atoms with Crippen LogP contribution in [0.15, 0.2) is 78.9 Å². The highest BCUT2D eigenvalue weighted by atomic mass is 16.5. The van der Waals surface area contributed by atoms with Gasteiger partial charge in [-0.15, -0.1) is 0 Å². The second kappa shape index (κ2) is 9.27. The average molecular weight is 429 g/mol. The Kier molecular flexibility index (Phi) is 6.26. The van der Waals surface area contributed by atoms with Crippen LogP contribution in [-0.4, -0.2) is 26.0 Å². The van der Waals surface area contributed by atoms with Gasteiger partial charge < -0.3 is 14.5 Å². The van der Waals surface area contributed by atoms with Crippen LogP contribution < -0.4 is 14.5 Å². The normalized spacial score (nSPS) is 18.3. The molecule has 0 spiro atoms. The van der Waals surface area contributed by atoms with Crippen LogP contribution in [0.25, 0.3) is 0 Å². The Morgan fingerprint density at radius 1 is 0.969 bits per heavy atom. The molecule has 2 unspecified atom stereocenters. The molecule has 1 heterocycles. The van der Waals surface area contributed by atoms with Gasteiger partial charge in [0.15, 0.2) is 0 Å². The summed E-state index contributed by atoms with van der Waals surface area (Å²) in [6, 6.07) is 24.7. The van der Waals surface area contributed by atoms with Crippen LogP contribution >= 0.6 is 0 Å². The minimum absolute atomic E-state index is 0.0103. The van der Waals surface area contributed by atoms with Gasteiger partial charge in [0.05, 0.1) is 19.1 Å². The van der Waals surface area contributed by atoms with E-state index < -0.39 is 12.0 Å². The summed E-state index contributed by atoms with van der Waals surface area (Å²) < 4.78 is 5.65. The first-order valence-corrected chi connectivity index (χ1v) is 10.9. The van der Waals surface area contributed by atoms with Crippen molar-refractivity contribution in [2.75, 3.05) is 24.0 Å². The largest absolute Gasteiger partial charge is 0.496 e. The van der Waals surface area contributed by atoms with Crippen molar-refractivity contribution in [3.05, 3.63) is 90.0 Å². The molecule has 2 amide bonds. The molecule has 0 bridgehead atoms. The van der Waals surface area contributed by atoms with Gasteiger partial charge in [-0.25, -0.2) is 0 Å². The van der Waals surface area contributed by atoms with Crippen LogP contribution in [0.4, 0.5) is 11.4 Å². The van der Waals surface area contributed by atoms with Crippen molar-refractivity contribution in [2.45, 2.75) is 25.8 Å². The molecule has 5 nitrogen and oxygen atoms in total. The first kappa shape index (κ1) is 21.6. The molecular weight excluding hydrogens is 400 g/mol. The minimum Gasteiger partial charge on any atom is -0.496 e. The van der Waals surface area contributed by atoms with Crippen molar-refractivity contribution in [1.82, 2.24) is 0 Å². The number of hydrogen-bond donors (Lipinski definition) is 0. The lowest BCUT2D eigenvalue weighted by atomic mass is 9.82. The predicted octanol–water partition coefficient (Wildman–Crippen LogP) is 5.15. The van der Waals surface area contributed by atoms with Crippen molar-refractivity contribution in [3.8, 4) is 5.75 Å². The van der Waals surface area contributed by atoms with Crippen LogP contribution in [0.5, 0.6) is 5.75 Å². The number of ether oxygens (including phenoxy) is 1. The van der Waals surface area contributed by atoms with E-state index in [9.17, 15) is 9.59 Å². The number of piperidine rings is 1. The van der Waals surface area contributed by atoms with Crippen LogP contribution in [0.3, 0.4) is 0 Å². The molecule has 1 fully saturated rings. The summed E-state index contributed by atoms with van der Waals surface area (Å²) in [6.45, 7) is 2.01. The molecule has 0 N–H and O–H groups in total. The first-order valence-electron chi connectivity index (χ1n) is 10.9. The molecule has 0 saturated carbocycles. The number of amides is 2. The molecule has 0 aromatic heterocycles. The molecule has 0 aliphatic carbocycles. The highest BCUT2D eigenvalue weighted by Gasteiger charge is 2.43. The quantitative estimate of drug-likeness (QED) is 0.565. The van der Waals surface area contributed by atoms with E-state index in [0.717, 1.165) is 22.5 Å². The lowest BCUT2D eigenvalue weighted by Crippen LogP contribution is -2.49.